The van der Waals surface area contributed by atoms with Crippen LogP contribution in [0.5, 0.6) is 0 Å². The summed E-state index contributed by atoms with van der Waals surface area (Å²) in [5, 5.41) is 4.83. The molecule has 176 valence electrons. The number of nitrogens with zero attached hydrogens (tertiary/aromatic N) is 2. The van der Waals surface area contributed by atoms with Gasteiger partial charge in [-0.05, 0) is 37.5 Å². The molecule has 1 N–H and O–H groups in total. The van der Waals surface area contributed by atoms with E-state index in [9.17, 15) is 14.4 Å². The van der Waals surface area contributed by atoms with Gasteiger partial charge in [-0.2, -0.15) is 0 Å². The van der Waals surface area contributed by atoms with Crippen molar-refractivity contribution in [1.29, 1.82) is 0 Å². The summed E-state index contributed by atoms with van der Waals surface area (Å²) in [6.07, 6.45) is 3.72. The zero-order chi connectivity index (χ0) is 23.9. The Morgan fingerprint density at radius 2 is 1.79 bits per heavy atom. The number of rotatable bonds is 8. The maximum absolute atomic E-state index is 12.7. The van der Waals surface area contributed by atoms with Crippen LogP contribution in [0.15, 0.2) is 54.0 Å². The molecule has 1 saturated heterocycles. The highest BCUT2D eigenvalue weighted by atomic mass is 32.1. The van der Waals surface area contributed by atoms with E-state index in [1.807, 2.05) is 35.2 Å². The van der Waals surface area contributed by atoms with Crippen LogP contribution in [0.2, 0.25) is 0 Å². The first-order valence-electron chi connectivity index (χ1n) is 11.1. The third-order valence-corrected chi connectivity index (χ3v) is 6.25. The Labute approximate surface area is 201 Å². The summed E-state index contributed by atoms with van der Waals surface area (Å²) in [5.74, 6) is -1.12. The quantitative estimate of drug-likeness (QED) is 0.479. The summed E-state index contributed by atoms with van der Waals surface area (Å²) in [5.41, 5.74) is 2.11. The van der Waals surface area contributed by atoms with E-state index in [1.54, 1.807) is 30.6 Å². The van der Waals surface area contributed by atoms with Crippen LogP contribution >= 0.6 is 11.3 Å². The normalized spacial score (nSPS) is 12.9. The number of esters is 2. The molecule has 4 rings (SSSR count). The van der Waals surface area contributed by atoms with Gasteiger partial charge in [-0.25, -0.2) is 14.6 Å². The number of benzene rings is 1. The molecule has 9 heteroatoms. The first kappa shape index (κ1) is 23.4. The van der Waals surface area contributed by atoms with E-state index < -0.39 is 24.5 Å². The molecule has 3 aromatic rings. The molecule has 2 aromatic heterocycles. The largest absolute Gasteiger partial charge is 0.462 e. The van der Waals surface area contributed by atoms with Crippen molar-refractivity contribution in [1.82, 2.24) is 4.98 Å². The molecule has 3 heterocycles. The molecular weight excluding hydrogens is 454 g/mol. The zero-order valence-corrected chi connectivity index (χ0v) is 19.6. The fraction of sp³-hybridized carbons (Fsp3) is 0.280. The van der Waals surface area contributed by atoms with Crippen molar-refractivity contribution in [3.8, 4) is 11.1 Å². The van der Waals surface area contributed by atoms with E-state index in [2.05, 4.69) is 10.3 Å². The summed E-state index contributed by atoms with van der Waals surface area (Å²) in [4.78, 5) is 44.3. The molecule has 8 nitrogen and oxygen atoms in total. The number of anilines is 2. The zero-order valence-electron chi connectivity index (χ0n) is 18.8. The Kier molecular flexibility index (Phi) is 7.54. The molecule has 1 fully saturated rings. The van der Waals surface area contributed by atoms with Crippen LogP contribution in [-0.4, -0.2) is 49.1 Å². The maximum Gasteiger partial charge on any atom is 0.342 e. The van der Waals surface area contributed by atoms with E-state index in [0.29, 0.717) is 21.9 Å². The van der Waals surface area contributed by atoms with Crippen LogP contribution in [0.3, 0.4) is 0 Å². The third kappa shape index (κ3) is 5.26. The Hall–Kier alpha value is -3.72. The number of thiophene rings is 1. The number of hydrogen-bond acceptors (Lipinski definition) is 8. The molecule has 1 aromatic carbocycles. The average molecular weight is 480 g/mol. The first-order chi connectivity index (χ1) is 16.6. The first-order valence-corrected chi connectivity index (χ1v) is 12.0. The number of nitrogens with one attached hydrogen (secondary N) is 1. The van der Waals surface area contributed by atoms with Gasteiger partial charge in [-0.1, -0.05) is 30.3 Å². The molecule has 34 heavy (non-hydrogen) atoms. The second kappa shape index (κ2) is 10.9. The predicted octanol–water partition coefficient (Wildman–Crippen LogP) is 4.38. The second-order valence-electron chi connectivity index (χ2n) is 7.63. The molecule has 0 radical (unpaired) electrons. The summed E-state index contributed by atoms with van der Waals surface area (Å²) in [7, 11) is 0. The predicted molar refractivity (Wildman–Crippen MR) is 130 cm³/mol. The Morgan fingerprint density at radius 1 is 1.03 bits per heavy atom. The molecule has 1 aliphatic rings. The standard InChI is InChI=1S/C25H25N3O5S/c1-2-32-25(31)21-19(17-9-4-3-5-10-17)16-34-23(21)27-20(29)15-33-24(30)18-11-8-12-26-22(18)28-13-6-7-14-28/h3-5,8-12,16H,2,6-7,13-15H2,1H3,(H,27,29). The van der Waals surface area contributed by atoms with Crippen molar-refractivity contribution in [2.45, 2.75) is 19.8 Å². The van der Waals surface area contributed by atoms with Crippen molar-refractivity contribution in [2.24, 2.45) is 0 Å². The van der Waals surface area contributed by atoms with Gasteiger partial charge in [-0.15, -0.1) is 11.3 Å². The van der Waals surface area contributed by atoms with Crippen molar-refractivity contribution in [3.63, 3.8) is 0 Å². The fourth-order valence-corrected chi connectivity index (χ4v) is 4.77. The number of carbonyl (C=O) groups excluding carboxylic acids is 3. The number of carbonyl (C=O) groups is 3. The summed E-state index contributed by atoms with van der Waals surface area (Å²) < 4.78 is 10.5. The second-order valence-corrected chi connectivity index (χ2v) is 8.51. The van der Waals surface area contributed by atoms with Crippen LogP contribution in [0.1, 0.15) is 40.5 Å². The SMILES string of the molecule is CCOC(=O)c1c(-c2ccccc2)csc1NC(=O)COC(=O)c1cccnc1N1CCCC1. The van der Waals surface area contributed by atoms with E-state index in [4.69, 9.17) is 9.47 Å². The van der Waals surface area contributed by atoms with E-state index in [0.717, 1.165) is 31.5 Å². The van der Waals surface area contributed by atoms with Gasteiger partial charge in [0, 0.05) is 30.2 Å². The molecule has 0 bridgehead atoms. The van der Waals surface area contributed by atoms with Crippen molar-refractivity contribution in [3.05, 3.63) is 65.2 Å². The number of ether oxygens (including phenoxy) is 2. The molecule has 0 unspecified atom stereocenters. The van der Waals surface area contributed by atoms with Gasteiger partial charge >= 0.3 is 11.9 Å². The number of aromatic nitrogens is 1. The van der Waals surface area contributed by atoms with Gasteiger partial charge < -0.3 is 19.7 Å². The molecule has 0 atom stereocenters. The lowest BCUT2D eigenvalue weighted by molar-refractivity contribution is -0.119. The van der Waals surface area contributed by atoms with Gasteiger partial charge in [-0.3, -0.25) is 4.79 Å². The van der Waals surface area contributed by atoms with Crippen LogP contribution in [0, 0.1) is 0 Å². The van der Waals surface area contributed by atoms with Gasteiger partial charge in [0.15, 0.2) is 6.61 Å². The Morgan fingerprint density at radius 3 is 2.53 bits per heavy atom. The molecule has 0 saturated carbocycles. The van der Waals surface area contributed by atoms with Crippen molar-refractivity contribution in [2.75, 3.05) is 36.5 Å². The fourth-order valence-electron chi connectivity index (χ4n) is 3.79. The van der Waals surface area contributed by atoms with Crippen LogP contribution < -0.4 is 10.2 Å². The maximum atomic E-state index is 12.7. The van der Waals surface area contributed by atoms with E-state index in [-0.39, 0.29) is 12.2 Å². The highest BCUT2D eigenvalue weighted by molar-refractivity contribution is 7.15. The highest BCUT2D eigenvalue weighted by Crippen LogP contribution is 2.36. The lowest BCUT2D eigenvalue weighted by atomic mass is 10.0. The minimum atomic E-state index is -0.619. The number of amides is 1. The Bertz CT molecular complexity index is 1170. The minimum absolute atomic E-state index is 0.207. The van der Waals surface area contributed by atoms with Gasteiger partial charge in [0.1, 0.15) is 21.9 Å². The van der Waals surface area contributed by atoms with Gasteiger partial charge in [0.2, 0.25) is 0 Å². The van der Waals surface area contributed by atoms with Crippen LogP contribution in [0.4, 0.5) is 10.8 Å². The summed E-state index contributed by atoms with van der Waals surface area (Å²) >= 11 is 1.21. The summed E-state index contributed by atoms with van der Waals surface area (Å²) in [6, 6.07) is 12.7. The number of hydrogen-bond donors (Lipinski definition) is 1. The van der Waals surface area contributed by atoms with E-state index in [1.165, 1.54) is 11.3 Å². The van der Waals surface area contributed by atoms with Gasteiger partial charge in [0.05, 0.1) is 6.61 Å². The highest BCUT2D eigenvalue weighted by Gasteiger charge is 2.24. The number of pyridine rings is 1. The molecule has 1 aliphatic heterocycles. The average Bonchev–Trinajstić information content (AvgIpc) is 3.54. The minimum Gasteiger partial charge on any atom is -0.462 e. The van der Waals surface area contributed by atoms with Gasteiger partial charge in [0.25, 0.3) is 5.91 Å². The van der Waals surface area contributed by atoms with E-state index >= 15 is 0 Å². The monoisotopic (exact) mass is 479 g/mol. The molecule has 1 amide bonds. The van der Waals surface area contributed by atoms with Crippen LogP contribution in [0.25, 0.3) is 11.1 Å². The van der Waals surface area contributed by atoms with Crippen LogP contribution in [-0.2, 0) is 14.3 Å². The third-order valence-electron chi connectivity index (χ3n) is 5.35. The van der Waals surface area contributed by atoms with Crippen molar-refractivity contribution < 1.29 is 23.9 Å². The molecular formula is C25H25N3O5S. The molecule has 0 aliphatic carbocycles. The van der Waals surface area contributed by atoms with Crippen molar-refractivity contribution >= 4 is 40.0 Å². The smallest absolute Gasteiger partial charge is 0.342 e. The lowest BCUT2D eigenvalue weighted by Gasteiger charge is -2.18. The Balaban J connectivity index is 1.46. The molecule has 0 spiro atoms. The summed E-state index contributed by atoms with van der Waals surface area (Å²) in [6.45, 7) is 3.10. The lowest BCUT2D eigenvalue weighted by Crippen LogP contribution is -2.25. The topological polar surface area (TPSA) is 97.8 Å².